The summed E-state index contributed by atoms with van der Waals surface area (Å²) in [5.41, 5.74) is -0.350. The predicted octanol–water partition coefficient (Wildman–Crippen LogP) is 2.06. The number of nitrogens with two attached hydrogens (primary N) is 1. The summed E-state index contributed by atoms with van der Waals surface area (Å²) in [6.07, 6.45) is 0. The third-order valence-electron chi connectivity index (χ3n) is 2.51. The van der Waals surface area contributed by atoms with Crippen LogP contribution in [0, 0.1) is 0 Å². The Balaban J connectivity index is 0. The molecule has 0 aliphatic carbocycles. The fourth-order valence-electron chi connectivity index (χ4n) is 0.654. The molecule has 17 heavy (non-hydrogen) atoms. The van der Waals surface area contributed by atoms with Gasteiger partial charge in [-0.25, -0.2) is 0 Å². The number of hydrogen-bond donors (Lipinski definition) is 2. The van der Waals surface area contributed by atoms with Gasteiger partial charge in [-0.2, -0.15) is 0 Å². The average molecular weight is 244 g/mol. The lowest BCUT2D eigenvalue weighted by Gasteiger charge is -2.39. The van der Waals surface area contributed by atoms with E-state index in [0.717, 1.165) is 0 Å². The Labute approximate surface area is 107 Å². The normalized spacial score (nSPS) is 11.9. The predicted molar refractivity (Wildman–Crippen MR) is 75.5 cm³/mol. The Morgan fingerprint density at radius 2 is 1.59 bits per heavy atom. The van der Waals surface area contributed by atoms with Crippen LogP contribution in [0.15, 0.2) is 12.2 Å². The number of aliphatic hydroxyl groups is 1. The van der Waals surface area contributed by atoms with Crippen LogP contribution in [0.5, 0.6) is 0 Å². The minimum Gasteiger partial charge on any atom is -0.413 e. The molecule has 0 saturated carbocycles. The quantitative estimate of drug-likeness (QED) is 0.344. The van der Waals surface area contributed by atoms with E-state index in [4.69, 9.17) is 10.5 Å². The zero-order valence-electron chi connectivity index (χ0n) is 12.7. The lowest BCUT2D eigenvalue weighted by Crippen LogP contribution is -2.54. The van der Waals surface area contributed by atoms with Gasteiger partial charge in [-0.15, -0.1) is 6.58 Å². The van der Waals surface area contributed by atoms with Crippen molar-refractivity contribution in [3.05, 3.63) is 12.2 Å². The maximum Gasteiger partial charge on any atom is 0.393 e. The molecule has 102 valence electrons. The number of hydrazine groups is 1. The molecule has 0 aromatic heterocycles. The second-order valence-electron chi connectivity index (χ2n) is 5.66. The SMILES string of the molecule is C=C(C)C.CB(OC(C)(C)C(C)(C)O)N(C)N. The highest BCUT2D eigenvalue weighted by Crippen LogP contribution is 2.25. The van der Waals surface area contributed by atoms with Crippen LogP contribution >= 0.6 is 0 Å². The van der Waals surface area contributed by atoms with E-state index in [1.54, 1.807) is 20.9 Å². The summed E-state index contributed by atoms with van der Waals surface area (Å²) in [4.78, 5) is 1.47. The highest BCUT2D eigenvalue weighted by molar-refractivity contribution is 6.46. The van der Waals surface area contributed by atoms with Crippen molar-refractivity contribution in [1.29, 1.82) is 0 Å². The van der Waals surface area contributed by atoms with E-state index in [1.807, 2.05) is 34.5 Å². The molecule has 0 fully saturated rings. The van der Waals surface area contributed by atoms with Crippen LogP contribution in [-0.2, 0) is 4.65 Å². The summed E-state index contributed by atoms with van der Waals surface area (Å²) >= 11 is 0. The van der Waals surface area contributed by atoms with Gasteiger partial charge in [0, 0.05) is 0 Å². The van der Waals surface area contributed by atoms with E-state index in [2.05, 4.69) is 6.58 Å². The molecule has 0 amide bonds. The molecule has 0 radical (unpaired) electrons. The molecule has 3 N–H and O–H groups in total. The van der Waals surface area contributed by atoms with Crippen molar-refractivity contribution >= 4 is 7.05 Å². The van der Waals surface area contributed by atoms with Gasteiger partial charge in [-0.1, -0.05) is 5.57 Å². The molecule has 5 heteroatoms. The molecule has 0 aromatic carbocycles. The zero-order valence-corrected chi connectivity index (χ0v) is 12.7. The lowest BCUT2D eigenvalue weighted by atomic mass is 9.81. The van der Waals surface area contributed by atoms with Gasteiger partial charge in [-0.3, -0.25) is 10.8 Å². The molecular weight excluding hydrogens is 215 g/mol. The van der Waals surface area contributed by atoms with Gasteiger partial charge in [0.1, 0.15) is 0 Å². The minimum atomic E-state index is -0.892. The van der Waals surface area contributed by atoms with E-state index in [9.17, 15) is 5.11 Å². The second-order valence-corrected chi connectivity index (χ2v) is 5.66. The molecule has 0 spiro atoms. The van der Waals surface area contributed by atoms with Crippen molar-refractivity contribution in [3.8, 4) is 0 Å². The van der Waals surface area contributed by atoms with Crippen LogP contribution in [0.2, 0.25) is 6.82 Å². The van der Waals surface area contributed by atoms with Crippen LogP contribution < -0.4 is 5.84 Å². The topological polar surface area (TPSA) is 58.7 Å². The molecule has 0 aliphatic rings. The van der Waals surface area contributed by atoms with Crippen LogP contribution in [0.3, 0.4) is 0 Å². The molecule has 0 heterocycles. The van der Waals surface area contributed by atoms with E-state index in [0.29, 0.717) is 0 Å². The highest BCUT2D eigenvalue weighted by Gasteiger charge is 2.38. The number of rotatable bonds is 4. The average Bonchev–Trinajstić information content (AvgIpc) is 1.99. The molecule has 0 unspecified atom stereocenters. The number of nitrogens with zero attached hydrogens (tertiary/aromatic N) is 1. The van der Waals surface area contributed by atoms with Gasteiger partial charge >= 0.3 is 7.05 Å². The Morgan fingerprint density at radius 1 is 1.29 bits per heavy atom. The third kappa shape index (κ3) is 9.36. The van der Waals surface area contributed by atoms with E-state index < -0.39 is 11.2 Å². The maximum absolute atomic E-state index is 9.79. The summed E-state index contributed by atoms with van der Waals surface area (Å²) in [6, 6.07) is 0. The monoisotopic (exact) mass is 244 g/mol. The van der Waals surface area contributed by atoms with E-state index >= 15 is 0 Å². The van der Waals surface area contributed by atoms with Crippen molar-refractivity contribution in [2.45, 2.75) is 59.6 Å². The first-order valence-electron chi connectivity index (χ1n) is 5.81. The van der Waals surface area contributed by atoms with Crippen LogP contribution in [0.4, 0.5) is 0 Å². The number of allylic oxidation sites excluding steroid dienone is 1. The molecule has 0 rings (SSSR count). The van der Waals surface area contributed by atoms with Crippen LogP contribution in [-0.4, -0.2) is 35.3 Å². The van der Waals surface area contributed by atoms with Gasteiger partial charge in [0.15, 0.2) is 0 Å². The van der Waals surface area contributed by atoms with Gasteiger partial charge < -0.3 is 9.76 Å². The van der Waals surface area contributed by atoms with Crippen LogP contribution in [0.1, 0.15) is 41.5 Å². The van der Waals surface area contributed by atoms with Crippen LogP contribution in [0.25, 0.3) is 0 Å². The Morgan fingerprint density at radius 3 is 1.76 bits per heavy atom. The molecule has 0 saturated heterocycles. The van der Waals surface area contributed by atoms with Crippen molar-refractivity contribution in [2.24, 2.45) is 5.84 Å². The Hall–Kier alpha value is -0.355. The highest BCUT2D eigenvalue weighted by atomic mass is 16.5. The minimum absolute atomic E-state index is 0.221. The summed E-state index contributed by atoms with van der Waals surface area (Å²) in [6.45, 7) is 16.5. The molecular formula is C12H29BN2O2. The van der Waals surface area contributed by atoms with E-state index in [1.165, 1.54) is 10.5 Å². The Bertz CT molecular complexity index is 231. The standard InChI is InChI=1S/C8H21BN2O2.C4H8/c1-7(2,12)8(3,4)13-9(5)11(6)10;1-4(2)3/h12H,10H2,1-6H3;1H2,2-3H3. The van der Waals surface area contributed by atoms with Crippen molar-refractivity contribution in [3.63, 3.8) is 0 Å². The fourth-order valence-corrected chi connectivity index (χ4v) is 0.654. The van der Waals surface area contributed by atoms with Gasteiger partial charge in [-0.05, 0) is 55.4 Å². The first-order valence-corrected chi connectivity index (χ1v) is 5.81. The first kappa shape index (κ1) is 19.0. The smallest absolute Gasteiger partial charge is 0.393 e. The molecule has 0 aromatic rings. The first-order chi connectivity index (χ1) is 7.31. The summed E-state index contributed by atoms with van der Waals surface area (Å²) in [5, 5.41) is 9.79. The van der Waals surface area contributed by atoms with E-state index in [-0.39, 0.29) is 7.05 Å². The van der Waals surface area contributed by atoms with Crippen molar-refractivity contribution in [2.75, 3.05) is 7.05 Å². The third-order valence-corrected chi connectivity index (χ3v) is 2.51. The molecule has 0 atom stereocenters. The lowest BCUT2D eigenvalue weighted by molar-refractivity contribution is -0.0968. The Kier molecular flexibility index (Phi) is 8.00. The van der Waals surface area contributed by atoms with Crippen molar-refractivity contribution < 1.29 is 9.76 Å². The molecule has 0 bridgehead atoms. The summed E-state index contributed by atoms with van der Waals surface area (Å²) < 4.78 is 5.61. The maximum atomic E-state index is 9.79. The molecule has 0 aliphatic heterocycles. The largest absolute Gasteiger partial charge is 0.413 e. The molecule has 4 nitrogen and oxygen atoms in total. The zero-order chi connectivity index (χ0) is 14.4. The van der Waals surface area contributed by atoms with Gasteiger partial charge in [0.25, 0.3) is 0 Å². The second kappa shape index (κ2) is 7.16. The summed E-state index contributed by atoms with van der Waals surface area (Å²) in [5.74, 6) is 5.51. The number of hydrogen-bond acceptors (Lipinski definition) is 4. The van der Waals surface area contributed by atoms with Crippen molar-refractivity contribution in [1.82, 2.24) is 4.92 Å². The fraction of sp³-hybridized carbons (Fsp3) is 0.833. The van der Waals surface area contributed by atoms with Gasteiger partial charge in [0.05, 0.1) is 11.2 Å². The van der Waals surface area contributed by atoms with Gasteiger partial charge in [0.2, 0.25) is 0 Å². The summed E-state index contributed by atoms with van der Waals surface area (Å²) in [7, 11) is 1.51.